The molecule has 6 N–H and O–H groups in total. The number of carboxylic acid groups (broad SMARTS) is 1. The van der Waals surface area contributed by atoms with Gasteiger partial charge in [0.2, 0.25) is 0 Å². The molecule has 8 heteroatoms. The number of ketones is 1. The Hall–Kier alpha value is -3.42. The second kappa shape index (κ2) is 6.78. The SMILES string of the molecule is NC(=O)O.O=C1CC(c2ccc(O)cc2)Oc2cc(O)cc(O)c21. The lowest BCUT2D eigenvalue weighted by atomic mass is 9.95. The zero-order chi connectivity index (χ0) is 17.9. The van der Waals surface area contributed by atoms with Gasteiger partial charge in [0.1, 0.15) is 34.7 Å². The number of Topliss-reactive ketones (excluding diaryl/α,β-unsaturated/α-hetero) is 1. The standard InChI is InChI=1S/C15H12O5.CH3NO2/c16-9-3-1-8(2-4-9)13-7-12(19)15-11(18)5-10(17)6-14(15)20-13;2-1(3)4/h1-6,13,16-18H,7H2;2H2,(H,3,4). The summed E-state index contributed by atoms with van der Waals surface area (Å²) in [6.07, 6.45) is -1.74. The van der Waals surface area contributed by atoms with Gasteiger partial charge in [-0.15, -0.1) is 0 Å². The van der Waals surface area contributed by atoms with Gasteiger partial charge in [0.05, 0.1) is 6.42 Å². The maximum absolute atomic E-state index is 12.1. The number of hydrogen-bond acceptors (Lipinski definition) is 6. The zero-order valence-electron chi connectivity index (χ0n) is 12.3. The number of phenols is 3. The molecular formula is C16H15NO7. The molecule has 2 aromatic rings. The van der Waals surface area contributed by atoms with Gasteiger partial charge >= 0.3 is 6.09 Å². The van der Waals surface area contributed by atoms with Crippen LogP contribution in [0.2, 0.25) is 0 Å². The van der Waals surface area contributed by atoms with Gasteiger partial charge in [-0.3, -0.25) is 4.79 Å². The molecule has 1 amide bonds. The quantitative estimate of drug-likeness (QED) is 0.536. The molecule has 0 aromatic heterocycles. The summed E-state index contributed by atoms with van der Waals surface area (Å²) in [5, 5.41) is 35.6. The number of amides is 1. The van der Waals surface area contributed by atoms with Crippen molar-refractivity contribution in [3.8, 4) is 23.0 Å². The van der Waals surface area contributed by atoms with Gasteiger partial charge in [0.25, 0.3) is 0 Å². The Morgan fingerprint density at radius 3 is 2.25 bits per heavy atom. The summed E-state index contributed by atoms with van der Waals surface area (Å²) in [7, 11) is 0. The number of primary amides is 1. The fourth-order valence-electron chi connectivity index (χ4n) is 2.30. The van der Waals surface area contributed by atoms with Crippen LogP contribution in [-0.2, 0) is 0 Å². The van der Waals surface area contributed by atoms with Gasteiger partial charge in [-0.2, -0.15) is 0 Å². The van der Waals surface area contributed by atoms with Crippen molar-refractivity contribution < 1.29 is 34.8 Å². The molecule has 0 spiro atoms. The molecule has 1 aliphatic heterocycles. The van der Waals surface area contributed by atoms with E-state index < -0.39 is 12.2 Å². The fourth-order valence-corrected chi connectivity index (χ4v) is 2.30. The Balaban J connectivity index is 0.000000471. The van der Waals surface area contributed by atoms with Crippen molar-refractivity contribution in [1.29, 1.82) is 0 Å². The third-order valence-electron chi connectivity index (χ3n) is 3.25. The summed E-state index contributed by atoms with van der Waals surface area (Å²) in [5.41, 5.74) is 4.86. The first-order chi connectivity index (χ1) is 11.3. The Kier molecular flexibility index (Phi) is 4.78. The number of hydrogen-bond donors (Lipinski definition) is 5. The van der Waals surface area contributed by atoms with Crippen LogP contribution in [0.1, 0.15) is 28.4 Å². The predicted octanol–water partition coefficient (Wildman–Crippen LogP) is 2.13. The number of carbonyl (C=O) groups excluding carboxylic acids is 1. The van der Waals surface area contributed by atoms with Crippen molar-refractivity contribution in [1.82, 2.24) is 0 Å². The normalized spacial score (nSPS) is 15.5. The van der Waals surface area contributed by atoms with Gasteiger partial charge < -0.3 is 30.9 Å². The van der Waals surface area contributed by atoms with E-state index in [4.69, 9.17) is 14.6 Å². The highest BCUT2D eigenvalue weighted by molar-refractivity contribution is 6.02. The van der Waals surface area contributed by atoms with E-state index in [-0.39, 0.29) is 40.8 Å². The van der Waals surface area contributed by atoms with Crippen molar-refractivity contribution in [3.63, 3.8) is 0 Å². The summed E-state index contributed by atoms with van der Waals surface area (Å²) in [5.74, 6) is -0.403. The number of nitrogens with two attached hydrogens (primary N) is 1. The molecule has 1 unspecified atom stereocenters. The Morgan fingerprint density at radius 1 is 1.08 bits per heavy atom. The highest BCUT2D eigenvalue weighted by atomic mass is 16.5. The van der Waals surface area contributed by atoms with E-state index in [0.717, 1.165) is 11.6 Å². The third kappa shape index (κ3) is 3.86. The number of benzene rings is 2. The number of fused-ring (bicyclic) bond motifs is 1. The molecule has 126 valence electrons. The number of ether oxygens (including phenoxy) is 1. The molecule has 1 atom stereocenters. The summed E-state index contributed by atoms with van der Waals surface area (Å²) in [6, 6.07) is 8.78. The smallest absolute Gasteiger partial charge is 0.402 e. The van der Waals surface area contributed by atoms with E-state index in [1.54, 1.807) is 12.1 Å². The second-order valence-electron chi connectivity index (χ2n) is 5.00. The first-order valence-corrected chi connectivity index (χ1v) is 6.81. The van der Waals surface area contributed by atoms with E-state index >= 15 is 0 Å². The van der Waals surface area contributed by atoms with Gasteiger partial charge in [-0.1, -0.05) is 12.1 Å². The molecule has 1 aliphatic rings. The van der Waals surface area contributed by atoms with Crippen LogP contribution in [0.5, 0.6) is 23.0 Å². The lowest BCUT2D eigenvalue weighted by Gasteiger charge is -2.26. The molecule has 2 aromatic carbocycles. The van der Waals surface area contributed by atoms with Crippen LogP contribution < -0.4 is 10.5 Å². The molecule has 0 radical (unpaired) electrons. The van der Waals surface area contributed by atoms with Crippen molar-refractivity contribution in [2.24, 2.45) is 5.73 Å². The van der Waals surface area contributed by atoms with Crippen molar-refractivity contribution >= 4 is 11.9 Å². The molecule has 0 aliphatic carbocycles. The van der Waals surface area contributed by atoms with Gasteiger partial charge in [0.15, 0.2) is 5.78 Å². The van der Waals surface area contributed by atoms with Crippen molar-refractivity contribution in [3.05, 3.63) is 47.5 Å². The number of phenolic OH excluding ortho intramolecular Hbond substituents is 3. The largest absolute Gasteiger partial charge is 0.508 e. The minimum absolute atomic E-state index is 0.0934. The second-order valence-corrected chi connectivity index (χ2v) is 5.00. The topological polar surface area (TPSA) is 150 Å². The summed E-state index contributed by atoms with van der Waals surface area (Å²) < 4.78 is 5.67. The van der Waals surface area contributed by atoms with Crippen LogP contribution in [0.15, 0.2) is 36.4 Å². The minimum Gasteiger partial charge on any atom is -0.508 e. The predicted molar refractivity (Wildman–Crippen MR) is 82.4 cm³/mol. The van der Waals surface area contributed by atoms with E-state index in [9.17, 15) is 20.1 Å². The third-order valence-corrected chi connectivity index (χ3v) is 3.25. The van der Waals surface area contributed by atoms with Gasteiger partial charge in [-0.05, 0) is 17.7 Å². The maximum atomic E-state index is 12.1. The summed E-state index contributed by atoms with van der Waals surface area (Å²) >= 11 is 0. The van der Waals surface area contributed by atoms with Gasteiger partial charge in [0, 0.05) is 12.1 Å². The maximum Gasteiger partial charge on any atom is 0.402 e. The summed E-state index contributed by atoms with van der Waals surface area (Å²) in [4.78, 5) is 20.9. The zero-order valence-corrected chi connectivity index (χ0v) is 12.3. The first kappa shape index (κ1) is 16.9. The average Bonchev–Trinajstić information content (AvgIpc) is 2.46. The van der Waals surface area contributed by atoms with E-state index in [0.29, 0.717) is 0 Å². The van der Waals surface area contributed by atoms with Crippen LogP contribution in [0.4, 0.5) is 4.79 Å². The molecule has 0 saturated carbocycles. The molecule has 3 rings (SSSR count). The first-order valence-electron chi connectivity index (χ1n) is 6.81. The number of carbonyl (C=O) groups is 2. The van der Waals surface area contributed by atoms with E-state index in [1.165, 1.54) is 18.2 Å². The van der Waals surface area contributed by atoms with Crippen LogP contribution in [0, 0.1) is 0 Å². The fraction of sp³-hybridized carbons (Fsp3) is 0.125. The molecule has 24 heavy (non-hydrogen) atoms. The molecule has 0 bridgehead atoms. The van der Waals surface area contributed by atoms with Gasteiger partial charge in [-0.25, -0.2) is 4.79 Å². The highest BCUT2D eigenvalue weighted by Crippen LogP contribution is 2.41. The Bertz CT molecular complexity index is 767. The number of aromatic hydroxyl groups is 3. The Morgan fingerprint density at radius 2 is 1.67 bits per heavy atom. The van der Waals surface area contributed by atoms with Crippen LogP contribution in [0.3, 0.4) is 0 Å². The van der Waals surface area contributed by atoms with Crippen molar-refractivity contribution in [2.75, 3.05) is 0 Å². The molecule has 1 heterocycles. The number of rotatable bonds is 1. The van der Waals surface area contributed by atoms with Crippen LogP contribution in [0.25, 0.3) is 0 Å². The van der Waals surface area contributed by atoms with Crippen molar-refractivity contribution in [2.45, 2.75) is 12.5 Å². The average molecular weight is 333 g/mol. The lowest BCUT2D eigenvalue weighted by molar-refractivity contribution is 0.0845. The molecule has 0 fully saturated rings. The minimum atomic E-state index is -1.33. The monoisotopic (exact) mass is 333 g/mol. The van der Waals surface area contributed by atoms with E-state index in [2.05, 4.69) is 5.73 Å². The van der Waals surface area contributed by atoms with Crippen LogP contribution in [-0.4, -0.2) is 32.3 Å². The molecule has 0 saturated heterocycles. The van der Waals surface area contributed by atoms with Crippen LogP contribution >= 0.6 is 0 Å². The molecule has 8 nitrogen and oxygen atoms in total. The highest BCUT2D eigenvalue weighted by Gasteiger charge is 2.30. The molecular weight excluding hydrogens is 318 g/mol. The van der Waals surface area contributed by atoms with E-state index in [1.807, 2.05) is 0 Å². The Labute approximate surface area is 136 Å². The summed E-state index contributed by atoms with van der Waals surface area (Å²) in [6.45, 7) is 0. The lowest BCUT2D eigenvalue weighted by Crippen LogP contribution is -2.20.